The molecule has 0 aliphatic carbocycles. The average molecular weight is 245 g/mol. The van der Waals surface area contributed by atoms with E-state index in [0.29, 0.717) is 0 Å². The highest BCUT2D eigenvalue weighted by atomic mass is 32.2. The zero-order valence-corrected chi connectivity index (χ0v) is 7.21. The van der Waals surface area contributed by atoms with E-state index in [-0.39, 0.29) is 0 Å². The molecule has 86 valence electrons. The summed E-state index contributed by atoms with van der Waals surface area (Å²) in [5, 5.41) is 0. The first kappa shape index (κ1) is 13.7. The van der Waals surface area contributed by atoms with Crippen molar-refractivity contribution in [2.45, 2.75) is 12.4 Å². The molecule has 0 radical (unpaired) electrons. The van der Waals surface area contributed by atoms with E-state index < -0.39 is 41.0 Å². The van der Waals surface area contributed by atoms with E-state index in [1.165, 1.54) is 0 Å². The number of hydrogen-bond acceptors (Lipinski definition) is 1. The summed E-state index contributed by atoms with van der Waals surface area (Å²) in [6.45, 7) is -4.18. The standard InChI is InChI=1S/C4H5F6NO2S/c5-3(6,7)1-11(14(12)13)2-4(8,9)10/h1-2H2,(H,12,13). The lowest BCUT2D eigenvalue weighted by Gasteiger charge is -2.20. The van der Waals surface area contributed by atoms with Crippen LogP contribution in [0, 0.1) is 0 Å². The molecule has 0 rings (SSSR count). The Morgan fingerprint density at radius 3 is 1.43 bits per heavy atom. The Labute approximate surface area is 77.1 Å². The number of rotatable bonds is 3. The summed E-state index contributed by atoms with van der Waals surface area (Å²) in [5.74, 6) is 0. The largest absolute Gasteiger partial charge is 0.402 e. The fraction of sp³-hybridized carbons (Fsp3) is 1.00. The molecule has 0 saturated heterocycles. The van der Waals surface area contributed by atoms with Crippen LogP contribution in [-0.4, -0.2) is 38.5 Å². The van der Waals surface area contributed by atoms with Gasteiger partial charge in [-0.15, -0.1) is 0 Å². The second-order valence-electron chi connectivity index (χ2n) is 2.26. The predicted molar refractivity (Wildman–Crippen MR) is 34.5 cm³/mol. The lowest BCUT2D eigenvalue weighted by molar-refractivity contribution is -0.165. The summed E-state index contributed by atoms with van der Waals surface area (Å²) in [4.78, 5) is 0. The van der Waals surface area contributed by atoms with Gasteiger partial charge in [0.1, 0.15) is 13.1 Å². The van der Waals surface area contributed by atoms with E-state index in [9.17, 15) is 30.6 Å². The molecule has 1 unspecified atom stereocenters. The van der Waals surface area contributed by atoms with Gasteiger partial charge >= 0.3 is 12.4 Å². The maximum atomic E-state index is 11.6. The van der Waals surface area contributed by atoms with Gasteiger partial charge in [-0.3, -0.25) is 4.55 Å². The van der Waals surface area contributed by atoms with E-state index >= 15 is 0 Å². The molecule has 14 heavy (non-hydrogen) atoms. The minimum Gasteiger partial charge on any atom is -0.294 e. The molecule has 0 fully saturated rings. The van der Waals surface area contributed by atoms with E-state index in [2.05, 4.69) is 0 Å². The molecule has 1 atom stereocenters. The predicted octanol–water partition coefficient (Wildman–Crippen LogP) is 1.55. The molecule has 0 aromatic rings. The van der Waals surface area contributed by atoms with Crippen LogP contribution in [-0.2, 0) is 11.3 Å². The fourth-order valence-corrected chi connectivity index (χ4v) is 1.08. The van der Waals surface area contributed by atoms with Gasteiger partial charge in [0.2, 0.25) is 11.3 Å². The number of alkyl halides is 6. The molecule has 0 aromatic heterocycles. The summed E-state index contributed by atoms with van der Waals surface area (Å²) in [5.41, 5.74) is 0. The monoisotopic (exact) mass is 245 g/mol. The highest BCUT2D eigenvalue weighted by Gasteiger charge is 2.39. The second-order valence-corrected chi connectivity index (χ2v) is 3.24. The Morgan fingerprint density at radius 1 is 1.00 bits per heavy atom. The Hall–Kier alpha value is -0.350. The summed E-state index contributed by atoms with van der Waals surface area (Å²) < 4.78 is 87.1. The molecule has 3 nitrogen and oxygen atoms in total. The van der Waals surface area contributed by atoms with E-state index in [1.54, 1.807) is 0 Å². The van der Waals surface area contributed by atoms with Crippen LogP contribution in [0.25, 0.3) is 0 Å². The molecule has 0 heterocycles. The molecular weight excluding hydrogens is 240 g/mol. The maximum absolute atomic E-state index is 11.6. The highest BCUT2D eigenvalue weighted by Crippen LogP contribution is 2.22. The normalized spacial score (nSPS) is 16.0. The molecule has 0 aliphatic rings. The third kappa shape index (κ3) is 7.09. The van der Waals surface area contributed by atoms with Crippen LogP contribution < -0.4 is 0 Å². The van der Waals surface area contributed by atoms with Gasteiger partial charge < -0.3 is 0 Å². The summed E-state index contributed by atoms with van der Waals surface area (Å²) >= 11 is -3.30. The summed E-state index contributed by atoms with van der Waals surface area (Å²) in [6.07, 6.45) is -9.91. The number of hydrogen-bond donors (Lipinski definition) is 1. The van der Waals surface area contributed by atoms with Gasteiger partial charge in [0.15, 0.2) is 0 Å². The smallest absolute Gasteiger partial charge is 0.294 e. The molecule has 0 spiro atoms. The molecule has 0 aromatic carbocycles. The molecule has 1 N–H and O–H groups in total. The number of halogens is 6. The SMILES string of the molecule is O=S(O)N(CC(F)(F)F)CC(F)(F)F. The van der Waals surface area contributed by atoms with Crippen LogP contribution in [0.15, 0.2) is 0 Å². The van der Waals surface area contributed by atoms with Crippen LogP contribution >= 0.6 is 0 Å². The Balaban J connectivity index is 4.40. The van der Waals surface area contributed by atoms with Crippen LogP contribution in [0.5, 0.6) is 0 Å². The summed E-state index contributed by atoms with van der Waals surface area (Å²) in [7, 11) is 0. The molecule has 10 heteroatoms. The van der Waals surface area contributed by atoms with Crippen LogP contribution in [0.2, 0.25) is 0 Å². The maximum Gasteiger partial charge on any atom is 0.402 e. The lowest BCUT2D eigenvalue weighted by atomic mass is 10.5. The van der Waals surface area contributed by atoms with Gasteiger partial charge in [-0.1, -0.05) is 0 Å². The minimum atomic E-state index is -4.95. The third-order valence-electron chi connectivity index (χ3n) is 0.932. The second kappa shape index (κ2) is 4.45. The van der Waals surface area contributed by atoms with Gasteiger partial charge in [-0.2, -0.15) is 30.6 Å². The highest BCUT2D eigenvalue weighted by molar-refractivity contribution is 7.76. The lowest BCUT2D eigenvalue weighted by Crippen LogP contribution is -2.41. The average Bonchev–Trinajstić information content (AvgIpc) is 1.78. The van der Waals surface area contributed by atoms with Crippen molar-refractivity contribution < 1.29 is 35.1 Å². The fourth-order valence-electron chi connectivity index (χ4n) is 0.566. The van der Waals surface area contributed by atoms with Gasteiger partial charge in [-0.05, 0) is 0 Å². The zero-order chi connectivity index (χ0) is 11.6. The first-order chi connectivity index (χ1) is 6.01. The van der Waals surface area contributed by atoms with Crippen molar-refractivity contribution in [2.24, 2.45) is 0 Å². The van der Waals surface area contributed by atoms with Crippen molar-refractivity contribution in [3.8, 4) is 0 Å². The Bertz CT molecular complexity index is 197. The third-order valence-corrected chi connectivity index (χ3v) is 1.63. The topological polar surface area (TPSA) is 40.5 Å². The summed E-state index contributed by atoms with van der Waals surface area (Å²) in [6, 6.07) is 0. The molecule has 0 aliphatic heterocycles. The minimum absolute atomic E-state index is 0.639. The van der Waals surface area contributed by atoms with Crippen LogP contribution in [0.1, 0.15) is 0 Å². The van der Waals surface area contributed by atoms with Gasteiger partial charge in [-0.25, -0.2) is 4.21 Å². The van der Waals surface area contributed by atoms with E-state index in [1.807, 2.05) is 0 Å². The Kier molecular flexibility index (Phi) is 4.34. The van der Waals surface area contributed by atoms with E-state index in [4.69, 9.17) is 4.55 Å². The first-order valence-electron chi connectivity index (χ1n) is 3.01. The van der Waals surface area contributed by atoms with Gasteiger partial charge in [0.05, 0.1) is 0 Å². The van der Waals surface area contributed by atoms with Crippen molar-refractivity contribution in [2.75, 3.05) is 13.1 Å². The first-order valence-corrected chi connectivity index (χ1v) is 4.07. The number of nitrogens with zero attached hydrogens (tertiary/aromatic N) is 1. The van der Waals surface area contributed by atoms with Crippen molar-refractivity contribution >= 4 is 11.3 Å². The van der Waals surface area contributed by atoms with Crippen LogP contribution in [0.3, 0.4) is 0 Å². The molecule has 0 bridgehead atoms. The van der Waals surface area contributed by atoms with Crippen molar-refractivity contribution in [1.82, 2.24) is 4.31 Å². The molecule has 0 amide bonds. The van der Waals surface area contributed by atoms with Crippen molar-refractivity contribution in [3.63, 3.8) is 0 Å². The van der Waals surface area contributed by atoms with Gasteiger partial charge in [0.25, 0.3) is 0 Å². The van der Waals surface area contributed by atoms with E-state index in [0.717, 1.165) is 0 Å². The molecule has 0 saturated carbocycles. The van der Waals surface area contributed by atoms with Crippen LogP contribution in [0.4, 0.5) is 26.3 Å². The quantitative estimate of drug-likeness (QED) is 0.605. The van der Waals surface area contributed by atoms with Gasteiger partial charge in [0, 0.05) is 0 Å². The molecular formula is C4H5F6NO2S. The van der Waals surface area contributed by atoms with Crippen molar-refractivity contribution in [3.05, 3.63) is 0 Å². The zero-order valence-electron chi connectivity index (χ0n) is 6.39. The van der Waals surface area contributed by atoms with Crippen molar-refractivity contribution in [1.29, 1.82) is 0 Å². The Morgan fingerprint density at radius 2 is 1.29 bits per heavy atom.